The van der Waals surface area contributed by atoms with Crippen molar-refractivity contribution in [1.82, 2.24) is 24.6 Å². The van der Waals surface area contributed by atoms with Gasteiger partial charge in [0.25, 0.3) is 5.91 Å². The van der Waals surface area contributed by atoms with Crippen LogP contribution in [0.3, 0.4) is 0 Å². The maximum atomic E-state index is 14.1. The summed E-state index contributed by atoms with van der Waals surface area (Å²) < 4.78 is 16.2. The molecule has 6 nitrogen and oxygen atoms in total. The van der Waals surface area contributed by atoms with Gasteiger partial charge in [0, 0.05) is 54.2 Å². The van der Waals surface area contributed by atoms with E-state index >= 15 is 0 Å². The normalized spacial score (nSPS) is 18.9. The minimum atomic E-state index is -0.466. The number of fused-ring (bicyclic) bond motifs is 1. The van der Waals surface area contributed by atoms with Gasteiger partial charge in [0.1, 0.15) is 11.5 Å². The van der Waals surface area contributed by atoms with Gasteiger partial charge in [0.15, 0.2) is 0 Å². The minimum absolute atomic E-state index is 0.0737. The van der Waals surface area contributed by atoms with E-state index < -0.39 is 5.82 Å². The summed E-state index contributed by atoms with van der Waals surface area (Å²) in [6.07, 6.45) is 8.41. The predicted molar refractivity (Wildman–Crippen MR) is 112 cm³/mol. The van der Waals surface area contributed by atoms with Crippen LogP contribution in [0, 0.1) is 11.7 Å². The Kier molecular flexibility index (Phi) is 4.58. The zero-order valence-electron chi connectivity index (χ0n) is 16.6. The molecule has 4 heterocycles. The molecule has 5 rings (SSSR count). The molecule has 0 saturated carbocycles. The molecule has 152 valence electrons. The van der Waals surface area contributed by atoms with E-state index in [1.807, 2.05) is 25.5 Å². The van der Waals surface area contributed by atoms with Gasteiger partial charge in [0.2, 0.25) is 0 Å². The van der Waals surface area contributed by atoms with Crippen LogP contribution < -0.4 is 0 Å². The number of hydrogen-bond donors (Lipinski definition) is 1. The van der Waals surface area contributed by atoms with E-state index in [1.54, 1.807) is 29.3 Å². The quantitative estimate of drug-likeness (QED) is 0.557. The molecule has 1 saturated heterocycles. The first kappa shape index (κ1) is 18.5. The van der Waals surface area contributed by atoms with Crippen LogP contribution in [0.25, 0.3) is 22.2 Å². The lowest BCUT2D eigenvalue weighted by molar-refractivity contribution is 0.0737. The van der Waals surface area contributed by atoms with Crippen molar-refractivity contribution in [2.45, 2.75) is 25.9 Å². The van der Waals surface area contributed by atoms with E-state index in [2.05, 4.69) is 31.9 Å². The number of aromatic amines is 1. The highest BCUT2D eigenvalue weighted by Gasteiger charge is 2.34. The monoisotopic (exact) mass is 403 g/mol. The third-order valence-corrected chi connectivity index (χ3v) is 5.91. The van der Waals surface area contributed by atoms with Gasteiger partial charge in [-0.15, -0.1) is 0 Å². The highest BCUT2D eigenvalue weighted by molar-refractivity contribution is 5.94. The van der Waals surface area contributed by atoms with Gasteiger partial charge in [-0.3, -0.25) is 9.89 Å². The highest BCUT2D eigenvalue weighted by atomic mass is 19.1. The molecule has 1 fully saturated rings. The Labute approximate surface area is 173 Å². The number of nitrogens with zero attached hydrogens (tertiary/aromatic N) is 4. The Hall–Kier alpha value is -3.48. The largest absolute Gasteiger partial charge is 0.335 e. The Morgan fingerprint density at radius 1 is 1.23 bits per heavy atom. The van der Waals surface area contributed by atoms with Crippen LogP contribution >= 0.6 is 0 Å². The standard InChI is InChI=1S/C23H22FN5O/c1-15-8-16(14-29(15)23(30)20-4-2-3-5-21(20)24)13-28-7-6-17-9-18(10-25-22(17)28)19-11-26-27-12-19/h2-7,9-12,15-16H,8,13-14H2,1H3,(H,26,27)/t15-,16?/m1/s1. The number of carbonyl (C=O) groups is 1. The van der Waals surface area contributed by atoms with Crippen LogP contribution in [0.5, 0.6) is 0 Å². The molecule has 7 heteroatoms. The van der Waals surface area contributed by atoms with E-state index in [0.29, 0.717) is 12.5 Å². The Morgan fingerprint density at radius 2 is 2.10 bits per heavy atom. The van der Waals surface area contributed by atoms with E-state index in [4.69, 9.17) is 0 Å². The molecular formula is C23H22FN5O. The van der Waals surface area contributed by atoms with E-state index in [1.165, 1.54) is 6.07 Å². The zero-order chi connectivity index (χ0) is 20.7. The second-order valence-corrected chi connectivity index (χ2v) is 7.98. The van der Waals surface area contributed by atoms with Crippen molar-refractivity contribution in [3.8, 4) is 11.1 Å². The number of rotatable bonds is 4. The van der Waals surface area contributed by atoms with Crippen molar-refractivity contribution in [3.63, 3.8) is 0 Å². The maximum absolute atomic E-state index is 14.1. The van der Waals surface area contributed by atoms with Gasteiger partial charge in [-0.25, -0.2) is 9.37 Å². The molecule has 3 aromatic heterocycles. The molecule has 1 amide bonds. The fraction of sp³-hybridized carbons (Fsp3) is 0.261. The first-order valence-corrected chi connectivity index (χ1v) is 10.1. The van der Waals surface area contributed by atoms with E-state index in [9.17, 15) is 9.18 Å². The maximum Gasteiger partial charge on any atom is 0.257 e. The Morgan fingerprint density at radius 3 is 2.90 bits per heavy atom. The third kappa shape index (κ3) is 3.26. The Balaban J connectivity index is 1.33. The first-order valence-electron chi connectivity index (χ1n) is 10.1. The van der Waals surface area contributed by atoms with Crippen LogP contribution in [0.15, 0.2) is 61.2 Å². The number of likely N-dealkylation sites (tertiary alicyclic amines) is 1. The summed E-state index contributed by atoms with van der Waals surface area (Å²) in [6, 6.07) is 10.4. The molecule has 0 aliphatic carbocycles. The first-order chi connectivity index (χ1) is 14.6. The zero-order valence-corrected chi connectivity index (χ0v) is 16.6. The van der Waals surface area contributed by atoms with Gasteiger partial charge in [-0.2, -0.15) is 5.10 Å². The van der Waals surface area contributed by atoms with Crippen molar-refractivity contribution in [3.05, 3.63) is 72.6 Å². The third-order valence-electron chi connectivity index (χ3n) is 5.91. The SMILES string of the molecule is C[C@@H]1CC(Cn2ccc3cc(-c4cn[nH]c4)cnc32)CN1C(=O)c1ccccc1F. The van der Waals surface area contributed by atoms with Crippen molar-refractivity contribution < 1.29 is 9.18 Å². The number of hydrogen-bond acceptors (Lipinski definition) is 3. The number of amides is 1. The summed E-state index contributed by atoms with van der Waals surface area (Å²) in [5.41, 5.74) is 3.09. The summed E-state index contributed by atoms with van der Waals surface area (Å²) >= 11 is 0. The average Bonchev–Trinajstić information content (AvgIpc) is 3.48. The summed E-state index contributed by atoms with van der Waals surface area (Å²) in [7, 11) is 0. The molecule has 0 spiro atoms. The van der Waals surface area contributed by atoms with Gasteiger partial charge < -0.3 is 9.47 Å². The smallest absolute Gasteiger partial charge is 0.257 e. The number of carbonyl (C=O) groups excluding carboxylic acids is 1. The second kappa shape index (κ2) is 7.40. The van der Waals surface area contributed by atoms with Crippen LogP contribution in [0.1, 0.15) is 23.7 Å². The van der Waals surface area contributed by atoms with Gasteiger partial charge in [-0.1, -0.05) is 12.1 Å². The molecule has 1 aromatic carbocycles. The van der Waals surface area contributed by atoms with Crippen LogP contribution in [0.2, 0.25) is 0 Å². The number of pyridine rings is 1. The molecule has 2 atom stereocenters. The van der Waals surface area contributed by atoms with Gasteiger partial charge in [0.05, 0.1) is 11.8 Å². The predicted octanol–water partition coefficient (Wildman–Crippen LogP) is 4.12. The topological polar surface area (TPSA) is 66.8 Å². The highest BCUT2D eigenvalue weighted by Crippen LogP contribution is 2.29. The average molecular weight is 403 g/mol. The summed E-state index contributed by atoms with van der Waals surface area (Å²) in [6.45, 7) is 3.41. The number of aromatic nitrogens is 4. The van der Waals surface area contributed by atoms with Crippen LogP contribution in [-0.2, 0) is 6.54 Å². The van der Waals surface area contributed by atoms with Gasteiger partial charge in [-0.05, 0) is 43.5 Å². The van der Waals surface area contributed by atoms with Crippen LogP contribution in [-0.4, -0.2) is 43.1 Å². The minimum Gasteiger partial charge on any atom is -0.335 e. The number of H-pyrrole nitrogens is 1. The lowest BCUT2D eigenvalue weighted by atomic mass is 10.1. The lowest BCUT2D eigenvalue weighted by Gasteiger charge is -2.21. The summed E-state index contributed by atoms with van der Waals surface area (Å²) in [5, 5.41) is 7.89. The molecule has 30 heavy (non-hydrogen) atoms. The van der Waals surface area contributed by atoms with Crippen molar-refractivity contribution >= 4 is 16.9 Å². The molecule has 0 bridgehead atoms. The number of benzene rings is 1. The molecule has 0 radical (unpaired) electrons. The molecular weight excluding hydrogens is 381 g/mol. The second-order valence-electron chi connectivity index (χ2n) is 7.98. The number of nitrogens with one attached hydrogen (secondary N) is 1. The Bertz CT molecular complexity index is 1200. The van der Waals surface area contributed by atoms with Crippen molar-refractivity contribution in [2.24, 2.45) is 5.92 Å². The van der Waals surface area contributed by atoms with Crippen LogP contribution in [0.4, 0.5) is 4.39 Å². The molecule has 4 aromatic rings. The van der Waals surface area contributed by atoms with E-state index in [-0.39, 0.29) is 17.5 Å². The fourth-order valence-corrected chi connectivity index (χ4v) is 4.42. The lowest BCUT2D eigenvalue weighted by Crippen LogP contribution is -2.34. The van der Waals surface area contributed by atoms with Gasteiger partial charge >= 0.3 is 0 Å². The summed E-state index contributed by atoms with van der Waals surface area (Å²) in [4.78, 5) is 19.3. The van der Waals surface area contributed by atoms with Crippen molar-refractivity contribution in [2.75, 3.05) is 6.54 Å². The molecule has 1 unspecified atom stereocenters. The molecule has 1 N–H and O–H groups in total. The molecule has 1 aliphatic rings. The van der Waals surface area contributed by atoms with E-state index in [0.717, 1.165) is 35.1 Å². The molecule has 1 aliphatic heterocycles. The van der Waals surface area contributed by atoms with Crippen molar-refractivity contribution in [1.29, 1.82) is 0 Å². The fourth-order valence-electron chi connectivity index (χ4n) is 4.42. The summed E-state index contributed by atoms with van der Waals surface area (Å²) in [5.74, 6) is -0.405. The number of halogens is 1.